The summed E-state index contributed by atoms with van der Waals surface area (Å²) in [6, 6.07) is 15.9. The lowest BCUT2D eigenvalue weighted by atomic mass is 9.98. The van der Waals surface area contributed by atoms with Crippen molar-refractivity contribution in [2.75, 3.05) is 19.8 Å². The Hall–Kier alpha value is -2.53. The first-order chi connectivity index (χ1) is 14.2. The summed E-state index contributed by atoms with van der Waals surface area (Å²) < 4.78 is 16.8. The van der Waals surface area contributed by atoms with Crippen LogP contribution in [0.3, 0.4) is 0 Å². The van der Waals surface area contributed by atoms with E-state index in [0.29, 0.717) is 37.9 Å². The van der Waals surface area contributed by atoms with Crippen LogP contribution < -0.4 is 9.47 Å². The molecule has 0 radical (unpaired) electrons. The van der Waals surface area contributed by atoms with E-state index < -0.39 is 12.1 Å². The van der Waals surface area contributed by atoms with E-state index in [2.05, 4.69) is 12.1 Å². The van der Waals surface area contributed by atoms with E-state index in [1.54, 1.807) is 6.92 Å². The molecule has 29 heavy (non-hydrogen) atoms. The lowest BCUT2D eigenvalue weighted by Gasteiger charge is -2.14. The monoisotopic (exact) mass is 398 g/mol. The predicted octanol–water partition coefficient (Wildman–Crippen LogP) is 4.83. The van der Waals surface area contributed by atoms with Crippen molar-refractivity contribution in [3.63, 3.8) is 0 Å². The molecule has 0 bridgehead atoms. The zero-order valence-corrected chi connectivity index (χ0v) is 17.0. The number of ether oxygens (including phenoxy) is 3. The highest BCUT2D eigenvalue weighted by atomic mass is 16.5. The standard InChI is InChI=1S/C24H30O5/c1-2-27-23(24(25)26)17-18-6-5-9-22(16-18)29-15-14-28-21-12-10-20(11-13-21)19-7-3-4-8-19/h5-6,9-13,16,19,23H,2-4,7-8,14-15,17H2,1H3,(H,25,26). The molecular formula is C24H30O5. The van der Waals surface area contributed by atoms with Crippen molar-refractivity contribution in [1.29, 1.82) is 0 Å². The van der Waals surface area contributed by atoms with Gasteiger partial charge in [-0.25, -0.2) is 4.79 Å². The number of hydrogen-bond acceptors (Lipinski definition) is 4. The maximum absolute atomic E-state index is 11.2. The molecule has 1 fully saturated rings. The van der Waals surface area contributed by atoms with Crippen LogP contribution in [-0.2, 0) is 16.0 Å². The molecule has 1 saturated carbocycles. The quantitative estimate of drug-likeness (QED) is 0.549. The number of aliphatic carboxylic acids is 1. The third kappa shape index (κ3) is 6.50. The van der Waals surface area contributed by atoms with E-state index in [-0.39, 0.29) is 0 Å². The average Bonchev–Trinajstić information content (AvgIpc) is 3.26. The van der Waals surface area contributed by atoms with E-state index in [0.717, 1.165) is 11.3 Å². The molecule has 0 aromatic heterocycles. The van der Waals surface area contributed by atoms with Crippen LogP contribution in [0.5, 0.6) is 11.5 Å². The summed E-state index contributed by atoms with van der Waals surface area (Å²) in [4.78, 5) is 11.2. The van der Waals surface area contributed by atoms with Gasteiger partial charge in [-0.3, -0.25) is 0 Å². The Labute approximate surface area is 172 Å². The fourth-order valence-corrected chi connectivity index (χ4v) is 3.81. The molecule has 5 heteroatoms. The molecule has 1 atom stereocenters. The van der Waals surface area contributed by atoms with Crippen molar-refractivity contribution in [3.05, 3.63) is 59.7 Å². The van der Waals surface area contributed by atoms with Crippen LogP contribution in [0.15, 0.2) is 48.5 Å². The van der Waals surface area contributed by atoms with Gasteiger partial charge < -0.3 is 19.3 Å². The Morgan fingerprint density at radius 3 is 2.38 bits per heavy atom. The van der Waals surface area contributed by atoms with Crippen LogP contribution in [0.25, 0.3) is 0 Å². The van der Waals surface area contributed by atoms with Gasteiger partial charge in [0.1, 0.15) is 24.7 Å². The fourth-order valence-electron chi connectivity index (χ4n) is 3.81. The first kappa shape index (κ1) is 21.2. The Bertz CT molecular complexity index is 765. The maximum atomic E-state index is 11.2. The summed E-state index contributed by atoms with van der Waals surface area (Å²) in [6.07, 6.45) is 4.74. The van der Waals surface area contributed by atoms with Crippen LogP contribution >= 0.6 is 0 Å². The molecule has 2 aromatic carbocycles. The van der Waals surface area contributed by atoms with Gasteiger partial charge >= 0.3 is 5.97 Å². The van der Waals surface area contributed by atoms with E-state index >= 15 is 0 Å². The first-order valence-electron chi connectivity index (χ1n) is 10.4. The van der Waals surface area contributed by atoms with Gasteiger partial charge in [0.05, 0.1) is 0 Å². The van der Waals surface area contributed by atoms with Crippen LogP contribution in [0.4, 0.5) is 0 Å². The Kier molecular flexibility index (Phi) is 7.94. The third-order valence-electron chi connectivity index (χ3n) is 5.29. The molecule has 1 aliphatic carbocycles. The van der Waals surface area contributed by atoms with Gasteiger partial charge in [-0.05, 0) is 61.1 Å². The third-order valence-corrected chi connectivity index (χ3v) is 5.29. The minimum Gasteiger partial charge on any atom is -0.490 e. The number of carbonyl (C=O) groups is 1. The van der Waals surface area contributed by atoms with Crippen LogP contribution in [0.1, 0.15) is 49.7 Å². The molecule has 0 heterocycles. The molecule has 0 spiro atoms. The normalized spacial score (nSPS) is 15.2. The van der Waals surface area contributed by atoms with Gasteiger partial charge in [-0.15, -0.1) is 0 Å². The number of rotatable bonds is 11. The van der Waals surface area contributed by atoms with Crippen LogP contribution in [-0.4, -0.2) is 37.0 Å². The zero-order chi connectivity index (χ0) is 20.5. The SMILES string of the molecule is CCOC(Cc1cccc(OCCOc2ccc(C3CCCC3)cc2)c1)C(=O)O. The summed E-state index contributed by atoms with van der Waals surface area (Å²) in [5.74, 6) is 1.31. The molecule has 0 saturated heterocycles. The number of carboxylic acids is 1. The fraction of sp³-hybridized carbons (Fsp3) is 0.458. The summed E-state index contributed by atoms with van der Waals surface area (Å²) in [7, 11) is 0. The van der Waals surface area contributed by atoms with Crippen molar-refractivity contribution >= 4 is 5.97 Å². The molecule has 0 aliphatic heterocycles. The lowest BCUT2D eigenvalue weighted by molar-refractivity contribution is -0.149. The van der Waals surface area contributed by atoms with Crippen LogP contribution in [0, 0.1) is 0 Å². The van der Waals surface area contributed by atoms with Gasteiger partial charge in [-0.1, -0.05) is 37.1 Å². The summed E-state index contributed by atoms with van der Waals surface area (Å²) >= 11 is 0. The van der Waals surface area contributed by atoms with Crippen molar-refractivity contribution < 1.29 is 24.1 Å². The number of carboxylic acid groups (broad SMARTS) is 1. The molecule has 0 amide bonds. The van der Waals surface area contributed by atoms with E-state index in [1.807, 2.05) is 36.4 Å². The highest BCUT2D eigenvalue weighted by Gasteiger charge is 2.18. The molecule has 156 valence electrons. The summed E-state index contributed by atoms with van der Waals surface area (Å²) in [6.45, 7) is 3.02. The van der Waals surface area contributed by atoms with Gasteiger partial charge in [0.2, 0.25) is 0 Å². The van der Waals surface area contributed by atoms with E-state index in [1.165, 1.54) is 31.2 Å². The highest BCUT2D eigenvalue weighted by Crippen LogP contribution is 2.34. The van der Waals surface area contributed by atoms with Crippen molar-refractivity contribution in [2.45, 2.75) is 51.0 Å². The van der Waals surface area contributed by atoms with Gasteiger partial charge in [0, 0.05) is 13.0 Å². The van der Waals surface area contributed by atoms with E-state index in [4.69, 9.17) is 14.2 Å². The molecule has 1 unspecified atom stereocenters. The Balaban J connectivity index is 1.43. The van der Waals surface area contributed by atoms with E-state index in [9.17, 15) is 9.90 Å². The molecule has 2 aromatic rings. The molecule has 3 rings (SSSR count). The second-order valence-electron chi connectivity index (χ2n) is 7.38. The molecule has 1 aliphatic rings. The molecule has 1 N–H and O–H groups in total. The number of benzene rings is 2. The van der Waals surface area contributed by atoms with Gasteiger partial charge in [-0.2, -0.15) is 0 Å². The molecule has 5 nitrogen and oxygen atoms in total. The Morgan fingerprint density at radius 2 is 1.72 bits per heavy atom. The van der Waals surface area contributed by atoms with Crippen molar-refractivity contribution in [2.24, 2.45) is 0 Å². The topological polar surface area (TPSA) is 65.0 Å². The second kappa shape index (κ2) is 10.9. The smallest absolute Gasteiger partial charge is 0.333 e. The Morgan fingerprint density at radius 1 is 1.03 bits per heavy atom. The maximum Gasteiger partial charge on any atom is 0.333 e. The lowest BCUT2D eigenvalue weighted by Crippen LogP contribution is -2.26. The minimum atomic E-state index is -0.953. The van der Waals surface area contributed by atoms with Gasteiger partial charge in [0.25, 0.3) is 0 Å². The predicted molar refractivity (Wildman–Crippen MR) is 112 cm³/mol. The molecular weight excluding hydrogens is 368 g/mol. The second-order valence-corrected chi connectivity index (χ2v) is 7.38. The average molecular weight is 398 g/mol. The summed E-state index contributed by atoms with van der Waals surface area (Å²) in [5, 5.41) is 9.22. The first-order valence-corrected chi connectivity index (χ1v) is 10.4. The minimum absolute atomic E-state index is 0.310. The summed E-state index contributed by atoms with van der Waals surface area (Å²) in [5.41, 5.74) is 2.28. The van der Waals surface area contributed by atoms with Gasteiger partial charge in [0.15, 0.2) is 6.10 Å². The highest BCUT2D eigenvalue weighted by molar-refractivity contribution is 5.72. The van der Waals surface area contributed by atoms with Crippen molar-refractivity contribution in [1.82, 2.24) is 0 Å². The van der Waals surface area contributed by atoms with Crippen molar-refractivity contribution in [3.8, 4) is 11.5 Å². The van der Waals surface area contributed by atoms with Crippen LogP contribution in [0.2, 0.25) is 0 Å². The number of hydrogen-bond donors (Lipinski definition) is 1. The largest absolute Gasteiger partial charge is 0.490 e. The zero-order valence-electron chi connectivity index (χ0n) is 17.0.